The van der Waals surface area contributed by atoms with E-state index in [2.05, 4.69) is 5.32 Å². The van der Waals surface area contributed by atoms with E-state index >= 15 is 0 Å². The molecule has 0 unspecified atom stereocenters. The van der Waals surface area contributed by atoms with E-state index in [9.17, 15) is 0 Å². The summed E-state index contributed by atoms with van der Waals surface area (Å²) in [7, 11) is 0. The predicted molar refractivity (Wildman–Crippen MR) is 85.0 cm³/mol. The third-order valence-corrected chi connectivity index (χ3v) is 4.20. The lowest BCUT2D eigenvalue weighted by atomic mass is 10.2. The molecular weight excluding hydrogens is 338 g/mol. The Bertz CT molecular complexity index is 692. The van der Waals surface area contributed by atoms with Crippen molar-refractivity contribution in [3.05, 3.63) is 61.5 Å². The van der Waals surface area contributed by atoms with Crippen LogP contribution in [0.2, 0.25) is 20.1 Å². The van der Waals surface area contributed by atoms with E-state index in [0.717, 1.165) is 0 Å². The van der Waals surface area contributed by atoms with Crippen molar-refractivity contribution in [2.75, 3.05) is 5.32 Å². The van der Waals surface area contributed by atoms with Gasteiger partial charge < -0.3 is 5.32 Å². The molecule has 0 atom stereocenters. The molecule has 0 bridgehead atoms. The standard InChI is InChI=1S/C14H8Cl4N2/c15-10-2-3-11(16)14(18)9(10)7-20-13-4-1-8(6-19)5-12(13)17/h1-5,20H,7H2. The smallest absolute Gasteiger partial charge is 0.0992 e. The van der Waals surface area contributed by atoms with Gasteiger partial charge in [0.25, 0.3) is 0 Å². The highest BCUT2D eigenvalue weighted by molar-refractivity contribution is 6.44. The largest absolute Gasteiger partial charge is 0.380 e. The first-order valence-corrected chi connectivity index (χ1v) is 7.10. The number of nitrogens with zero attached hydrogens (tertiary/aromatic N) is 1. The van der Waals surface area contributed by atoms with Crippen LogP contribution < -0.4 is 5.32 Å². The minimum atomic E-state index is 0.379. The van der Waals surface area contributed by atoms with E-state index in [1.165, 1.54) is 0 Å². The zero-order chi connectivity index (χ0) is 14.7. The molecule has 102 valence electrons. The number of halogens is 4. The van der Waals surface area contributed by atoms with Gasteiger partial charge in [-0.05, 0) is 30.3 Å². The van der Waals surface area contributed by atoms with Crippen LogP contribution in [0.5, 0.6) is 0 Å². The molecule has 0 aliphatic heterocycles. The highest BCUT2D eigenvalue weighted by Crippen LogP contribution is 2.32. The molecule has 0 spiro atoms. The van der Waals surface area contributed by atoms with Gasteiger partial charge in [-0.1, -0.05) is 46.4 Å². The van der Waals surface area contributed by atoms with Gasteiger partial charge in [0.05, 0.1) is 32.4 Å². The molecule has 0 amide bonds. The maximum absolute atomic E-state index is 8.79. The molecule has 0 radical (unpaired) electrons. The third kappa shape index (κ3) is 3.31. The Kier molecular flexibility index (Phi) is 5.01. The SMILES string of the molecule is N#Cc1ccc(NCc2c(Cl)ccc(Cl)c2Cl)c(Cl)c1. The van der Waals surface area contributed by atoms with Gasteiger partial charge in [0.1, 0.15) is 0 Å². The molecule has 2 aromatic carbocycles. The Morgan fingerprint density at radius 3 is 2.30 bits per heavy atom. The molecule has 0 saturated heterocycles. The second-order valence-corrected chi connectivity index (χ2v) is 5.58. The van der Waals surface area contributed by atoms with Gasteiger partial charge in [0.15, 0.2) is 0 Å². The average Bonchev–Trinajstić information content (AvgIpc) is 2.44. The molecule has 0 aromatic heterocycles. The molecule has 2 aromatic rings. The monoisotopic (exact) mass is 344 g/mol. The second-order valence-electron chi connectivity index (χ2n) is 3.98. The first kappa shape index (κ1) is 15.3. The Hall–Kier alpha value is -1.11. The van der Waals surface area contributed by atoms with Crippen molar-refractivity contribution in [3.63, 3.8) is 0 Å². The molecule has 0 aliphatic rings. The van der Waals surface area contributed by atoms with Crippen molar-refractivity contribution >= 4 is 52.1 Å². The summed E-state index contributed by atoms with van der Waals surface area (Å²) in [5, 5.41) is 13.7. The molecule has 1 N–H and O–H groups in total. The number of anilines is 1. The fraction of sp³-hybridized carbons (Fsp3) is 0.0714. The third-order valence-electron chi connectivity index (χ3n) is 2.69. The quantitative estimate of drug-likeness (QED) is 0.715. The molecule has 20 heavy (non-hydrogen) atoms. The Morgan fingerprint density at radius 1 is 0.950 bits per heavy atom. The Balaban J connectivity index is 2.22. The summed E-state index contributed by atoms with van der Waals surface area (Å²) in [4.78, 5) is 0. The number of rotatable bonds is 3. The topological polar surface area (TPSA) is 35.8 Å². The van der Waals surface area contributed by atoms with Crippen molar-refractivity contribution < 1.29 is 0 Å². The van der Waals surface area contributed by atoms with E-state index in [-0.39, 0.29) is 0 Å². The van der Waals surface area contributed by atoms with Crippen molar-refractivity contribution in [3.8, 4) is 6.07 Å². The summed E-state index contributed by atoms with van der Waals surface area (Å²) < 4.78 is 0. The zero-order valence-electron chi connectivity index (χ0n) is 10.1. The Morgan fingerprint density at radius 2 is 1.65 bits per heavy atom. The van der Waals surface area contributed by atoms with Crippen molar-refractivity contribution in [1.82, 2.24) is 0 Å². The van der Waals surface area contributed by atoms with E-state index in [4.69, 9.17) is 51.7 Å². The molecule has 0 heterocycles. The number of nitriles is 1. The van der Waals surface area contributed by atoms with Crippen LogP contribution in [-0.2, 0) is 6.54 Å². The summed E-state index contributed by atoms with van der Waals surface area (Å²) in [5.41, 5.74) is 1.89. The van der Waals surface area contributed by atoms with Crippen molar-refractivity contribution in [2.45, 2.75) is 6.54 Å². The van der Waals surface area contributed by atoms with Gasteiger partial charge in [-0.2, -0.15) is 5.26 Å². The Labute approximate surface area is 136 Å². The van der Waals surface area contributed by atoms with Crippen LogP contribution in [0.3, 0.4) is 0 Å². The van der Waals surface area contributed by atoms with Gasteiger partial charge in [0, 0.05) is 17.1 Å². The van der Waals surface area contributed by atoms with Gasteiger partial charge in [-0.25, -0.2) is 0 Å². The lowest BCUT2D eigenvalue weighted by molar-refractivity contribution is 1.15. The average molecular weight is 346 g/mol. The molecular formula is C14H8Cl4N2. The van der Waals surface area contributed by atoms with Crippen LogP contribution in [-0.4, -0.2) is 0 Å². The lowest BCUT2D eigenvalue weighted by Gasteiger charge is -2.12. The van der Waals surface area contributed by atoms with Crippen LogP contribution in [0.1, 0.15) is 11.1 Å². The summed E-state index contributed by atoms with van der Waals surface area (Å²) in [6, 6.07) is 10.3. The minimum absolute atomic E-state index is 0.379. The number of hydrogen-bond donors (Lipinski definition) is 1. The van der Waals surface area contributed by atoms with Crippen LogP contribution in [0.25, 0.3) is 0 Å². The summed E-state index contributed by atoms with van der Waals surface area (Å²) in [6.07, 6.45) is 0. The number of nitrogens with one attached hydrogen (secondary N) is 1. The van der Waals surface area contributed by atoms with Crippen molar-refractivity contribution in [2.24, 2.45) is 0 Å². The van der Waals surface area contributed by atoms with Crippen LogP contribution >= 0.6 is 46.4 Å². The lowest BCUT2D eigenvalue weighted by Crippen LogP contribution is -2.02. The van der Waals surface area contributed by atoms with Gasteiger partial charge in [-0.15, -0.1) is 0 Å². The van der Waals surface area contributed by atoms with Crippen LogP contribution in [0.15, 0.2) is 30.3 Å². The van der Waals surface area contributed by atoms with Gasteiger partial charge >= 0.3 is 0 Å². The predicted octanol–water partition coefficient (Wildman–Crippen LogP) is 5.78. The summed E-state index contributed by atoms with van der Waals surface area (Å²) in [5.74, 6) is 0. The fourth-order valence-corrected chi connectivity index (χ4v) is 2.57. The first-order chi connectivity index (χ1) is 9.52. The summed E-state index contributed by atoms with van der Waals surface area (Å²) >= 11 is 24.3. The van der Waals surface area contributed by atoms with E-state index < -0.39 is 0 Å². The molecule has 2 rings (SSSR count). The van der Waals surface area contributed by atoms with Crippen LogP contribution in [0.4, 0.5) is 5.69 Å². The fourth-order valence-electron chi connectivity index (χ4n) is 1.64. The summed E-state index contributed by atoms with van der Waals surface area (Å²) in [6.45, 7) is 0.379. The maximum Gasteiger partial charge on any atom is 0.0992 e. The molecule has 0 fully saturated rings. The zero-order valence-corrected chi connectivity index (χ0v) is 13.1. The van der Waals surface area contributed by atoms with Gasteiger partial charge in [0.2, 0.25) is 0 Å². The molecule has 0 aliphatic carbocycles. The van der Waals surface area contributed by atoms with Crippen molar-refractivity contribution in [1.29, 1.82) is 5.26 Å². The highest BCUT2D eigenvalue weighted by atomic mass is 35.5. The second kappa shape index (κ2) is 6.56. The van der Waals surface area contributed by atoms with Crippen LogP contribution in [0, 0.1) is 11.3 Å². The molecule has 6 heteroatoms. The number of hydrogen-bond acceptors (Lipinski definition) is 2. The van der Waals surface area contributed by atoms with E-state index in [1.54, 1.807) is 30.3 Å². The first-order valence-electron chi connectivity index (χ1n) is 5.59. The van der Waals surface area contributed by atoms with E-state index in [0.29, 0.717) is 43.4 Å². The normalized spacial score (nSPS) is 10.2. The van der Waals surface area contributed by atoms with E-state index in [1.807, 2.05) is 6.07 Å². The molecule has 0 saturated carbocycles. The minimum Gasteiger partial charge on any atom is -0.380 e. The maximum atomic E-state index is 8.79. The highest BCUT2D eigenvalue weighted by Gasteiger charge is 2.10. The molecule has 2 nitrogen and oxygen atoms in total. The van der Waals surface area contributed by atoms with Gasteiger partial charge in [-0.3, -0.25) is 0 Å². The number of benzene rings is 2.